The van der Waals surface area contributed by atoms with Gasteiger partial charge in [0.1, 0.15) is 5.82 Å². The van der Waals surface area contributed by atoms with E-state index in [1.807, 2.05) is 0 Å². The molecular formula is C21H23BrFN3O5S. The minimum absolute atomic E-state index is 0.0294. The monoisotopic (exact) mass is 527 g/mol. The summed E-state index contributed by atoms with van der Waals surface area (Å²) >= 11 is 8.82. The van der Waals surface area contributed by atoms with Crippen LogP contribution in [0.4, 0.5) is 4.39 Å². The Morgan fingerprint density at radius 3 is 2.88 bits per heavy atom. The Balaban J connectivity index is 1.51. The third-order valence-corrected chi connectivity index (χ3v) is 7.64. The predicted octanol–water partition coefficient (Wildman–Crippen LogP) is 1.74. The van der Waals surface area contributed by atoms with Crippen LogP contribution in [0.5, 0.6) is 0 Å². The van der Waals surface area contributed by atoms with Crippen LogP contribution in [0.15, 0.2) is 22.7 Å². The van der Waals surface area contributed by atoms with Crippen molar-refractivity contribution in [2.45, 2.75) is 55.7 Å². The quantitative estimate of drug-likeness (QED) is 0.348. The maximum atomic E-state index is 14.7. The number of nitrogens with zero attached hydrogens (tertiary/aromatic N) is 2. The highest BCUT2D eigenvalue weighted by molar-refractivity contribution is 9.10. The summed E-state index contributed by atoms with van der Waals surface area (Å²) in [5.41, 5.74) is 0.892. The van der Waals surface area contributed by atoms with Crippen molar-refractivity contribution in [3.05, 3.63) is 50.2 Å². The number of hydrogen-bond donors (Lipinski definition) is 4. The lowest BCUT2D eigenvalue weighted by atomic mass is 9.93. The van der Waals surface area contributed by atoms with Gasteiger partial charge in [0.25, 0.3) is 0 Å². The van der Waals surface area contributed by atoms with Crippen molar-refractivity contribution in [2.24, 2.45) is 0 Å². The third kappa shape index (κ3) is 3.55. The van der Waals surface area contributed by atoms with Crippen molar-refractivity contribution in [3.63, 3.8) is 0 Å². The van der Waals surface area contributed by atoms with E-state index in [0.717, 1.165) is 21.9 Å². The molecule has 0 radical (unpaired) electrons. The van der Waals surface area contributed by atoms with Gasteiger partial charge in [0.2, 0.25) is 5.91 Å². The molecule has 8 nitrogen and oxygen atoms in total. The minimum atomic E-state index is -3.25. The Bertz CT molecular complexity index is 1150. The zero-order valence-corrected chi connectivity index (χ0v) is 19.5. The van der Waals surface area contributed by atoms with Crippen molar-refractivity contribution in [2.75, 3.05) is 13.2 Å². The van der Waals surface area contributed by atoms with Crippen LogP contribution in [0.2, 0.25) is 0 Å². The second-order valence-electron chi connectivity index (χ2n) is 8.83. The number of nitrogens with one attached hydrogen (secondary N) is 1. The van der Waals surface area contributed by atoms with Gasteiger partial charge in [-0.3, -0.25) is 4.79 Å². The highest BCUT2D eigenvalue weighted by atomic mass is 79.9. The van der Waals surface area contributed by atoms with E-state index in [4.69, 9.17) is 17.0 Å². The van der Waals surface area contributed by atoms with Crippen molar-refractivity contribution in [1.29, 1.82) is 0 Å². The Morgan fingerprint density at radius 1 is 1.41 bits per heavy atom. The molecule has 1 aromatic carbocycles. The number of aromatic nitrogens is 2. The summed E-state index contributed by atoms with van der Waals surface area (Å²) in [6.45, 7) is 1.41. The first-order valence-corrected chi connectivity index (χ1v) is 11.7. The maximum absolute atomic E-state index is 14.7. The summed E-state index contributed by atoms with van der Waals surface area (Å²) in [4.78, 5) is 12.8. The number of carbonyl (C=O) groups is 1. The second-order valence-corrected chi connectivity index (χ2v) is 10.1. The summed E-state index contributed by atoms with van der Waals surface area (Å²) in [6, 6.07) is 4.67. The highest BCUT2D eigenvalue weighted by Gasteiger charge is 2.64. The molecule has 5 rings (SSSR count). The van der Waals surface area contributed by atoms with E-state index in [-0.39, 0.29) is 40.6 Å². The van der Waals surface area contributed by atoms with Crippen LogP contribution < -0.4 is 5.32 Å². The van der Waals surface area contributed by atoms with Crippen molar-refractivity contribution >= 4 is 34.1 Å². The SMILES string of the molecule is O=C(Cc1c2n(c(=S)n1C(O)(O)O)C[C@@]1(c3cc(Br)ccc3F)CC21)N[C@@H]1CCCOC1. The van der Waals surface area contributed by atoms with Crippen LogP contribution in [0.1, 0.15) is 42.1 Å². The van der Waals surface area contributed by atoms with Crippen LogP contribution in [0.3, 0.4) is 0 Å². The number of halogens is 2. The van der Waals surface area contributed by atoms with Gasteiger partial charge in [-0.1, -0.05) is 15.9 Å². The van der Waals surface area contributed by atoms with Crippen LogP contribution >= 0.6 is 28.1 Å². The number of ether oxygens (including phenoxy) is 1. The number of carbonyl (C=O) groups excluding carboxylic acids is 1. The molecule has 3 aliphatic rings. The van der Waals surface area contributed by atoms with Gasteiger partial charge in [-0.2, -0.15) is 0 Å². The van der Waals surface area contributed by atoms with Gasteiger partial charge in [0.05, 0.1) is 24.8 Å². The number of rotatable bonds is 5. The molecule has 0 bridgehead atoms. The molecule has 1 amide bonds. The molecule has 4 N–H and O–H groups in total. The molecule has 1 saturated heterocycles. The first kappa shape index (κ1) is 22.2. The van der Waals surface area contributed by atoms with Crippen LogP contribution in [-0.2, 0) is 34.0 Å². The predicted molar refractivity (Wildman–Crippen MR) is 117 cm³/mol. The van der Waals surface area contributed by atoms with Crippen molar-refractivity contribution in [1.82, 2.24) is 14.5 Å². The molecule has 2 fully saturated rings. The number of hydrogen-bond acceptors (Lipinski definition) is 6. The summed E-state index contributed by atoms with van der Waals surface area (Å²) in [7, 11) is 0. The summed E-state index contributed by atoms with van der Waals surface area (Å²) in [6.07, 6.45) is -1.18. The molecule has 1 saturated carbocycles. The molecular weight excluding hydrogens is 505 g/mol. The van der Waals surface area contributed by atoms with E-state index >= 15 is 0 Å². The van der Waals surface area contributed by atoms with E-state index in [9.17, 15) is 24.5 Å². The lowest BCUT2D eigenvalue weighted by Gasteiger charge is -2.24. The van der Waals surface area contributed by atoms with Crippen LogP contribution in [0.25, 0.3) is 0 Å². The molecule has 1 unspecified atom stereocenters. The zero-order chi connectivity index (χ0) is 22.8. The lowest BCUT2D eigenvalue weighted by molar-refractivity contribution is -0.376. The van der Waals surface area contributed by atoms with Crippen molar-refractivity contribution in [3.8, 4) is 0 Å². The molecule has 3 heterocycles. The Hall–Kier alpha value is -1.63. The Kier molecular flexibility index (Phi) is 5.34. The first-order valence-electron chi connectivity index (χ1n) is 10.5. The van der Waals surface area contributed by atoms with Gasteiger partial charge in [0.15, 0.2) is 4.77 Å². The molecule has 2 aliphatic heterocycles. The number of benzene rings is 1. The largest absolute Gasteiger partial charge is 0.379 e. The second kappa shape index (κ2) is 7.71. The molecule has 32 heavy (non-hydrogen) atoms. The van der Waals surface area contributed by atoms with Crippen molar-refractivity contribution < 1.29 is 29.2 Å². The fraction of sp³-hybridized carbons (Fsp3) is 0.524. The highest BCUT2D eigenvalue weighted by Crippen LogP contribution is 2.67. The standard InChI is InChI=1S/C21H23BrFN3O5S/c22-11-3-4-15(23)13(6-11)20-8-14(20)18-16(7-17(27)24-12-2-1-5-31-9-12)26(21(28,29)30)19(32)25(18)10-20/h3-4,6,12,14,28-30H,1-2,5,7-10H2,(H,24,27)/t12-,14?,20-/m1/s1. The fourth-order valence-corrected chi connectivity index (χ4v) is 6.06. The molecule has 172 valence electrons. The van der Waals surface area contributed by atoms with Crippen LogP contribution in [0, 0.1) is 10.6 Å². The van der Waals surface area contributed by atoms with E-state index in [1.165, 1.54) is 6.07 Å². The van der Waals surface area contributed by atoms with E-state index < -0.39 is 11.5 Å². The van der Waals surface area contributed by atoms with Gasteiger partial charge in [-0.15, -0.1) is 0 Å². The minimum Gasteiger partial charge on any atom is -0.379 e. The summed E-state index contributed by atoms with van der Waals surface area (Å²) in [5, 5.41) is 32.8. The van der Waals surface area contributed by atoms with Gasteiger partial charge in [-0.05, 0) is 55.2 Å². The molecule has 11 heteroatoms. The van der Waals surface area contributed by atoms with Gasteiger partial charge in [-0.25, -0.2) is 8.96 Å². The van der Waals surface area contributed by atoms with E-state index in [2.05, 4.69) is 21.2 Å². The lowest BCUT2D eigenvalue weighted by Crippen LogP contribution is -2.42. The average molecular weight is 528 g/mol. The third-order valence-electron chi connectivity index (χ3n) is 6.74. The molecule has 2 aromatic rings. The molecule has 1 aromatic heterocycles. The molecule has 0 spiro atoms. The van der Waals surface area contributed by atoms with Gasteiger partial charge < -0.3 is 29.9 Å². The summed E-state index contributed by atoms with van der Waals surface area (Å²) < 4.78 is 23.3. The topological polar surface area (TPSA) is 109 Å². The zero-order valence-electron chi connectivity index (χ0n) is 17.1. The number of fused-ring (bicyclic) bond motifs is 3. The van der Waals surface area contributed by atoms with Gasteiger partial charge >= 0.3 is 6.10 Å². The first-order chi connectivity index (χ1) is 15.1. The summed E-state index contributed by atoms with van der Waals surface area (Å²) in [5.74, 6) is -0.816. The van der Waals surface area contributed by atoms with Gasteiger partial charge in [0, 0.05) is 34.7 Å². The number of aliphatic hydroxyl groups is 3. The Morgan fingerprint density at radius 2 is 2.19 bits per heavy atom. The Labute approximate surface area is 196 Å². The fourth-order valence-electron chi connectivity index (χ4n) is 5.30. The normalized spacial score (nSPS) is 26.5. The van der Waals surface area contributed by atoms with E-state index in [1.54, 1.807) is 16.7 Å². The molecule has 3 atom stereocenters. The smallest absolute Gasteiger partial charge is 0.375 e. The average Bonchev–Trinajstić information content (AvgIpc) is 3.23. The number of amides is 1. The van der Waals surface area contributed by atoms with Crippen LogP contribution in [-0.4, -0.2) is 49.6 Å². The van der Waals surface area contributed by atoms with E-state index in [0.29, 0.717) is 37.4 Å². The maximum Gasteiger partial charge on any atom is 0.375 e. The molecule has 1 aliphatic carbocycles. The number of imidazole rings is 1.